The number of anilines is 1. The Morgan fingerprint density at radius 1 is 1.19 bits per heavy atom. The predicted octanol–water partition coefficient (Wildman–Crippen LogP) is 4.43. The van der Waals surface area contributed by atoms with E-state index in [1.807, 2.05) is 23.7 Å². The van der Waals surface area contributed by atoms with Gasteiger partial charge in [0.2, 0.25) is 5.91 Å². The molecule has 0 spiro atoms. The van der Waals surface area contributed by atoms with E-state index in [4.69, 9.17) is 4.74 Å². The van der Waals surface area contributed by atoms with Crippen molar-refractivity contribution in [2.45, 2.75) is 31.3 Å². The van der Waals surface area contributed by atoms with Gasteiger partial charge in [0.05, 0.1) is 23.9 Å². The summed E-state index contributed by atoms with van der Waals surface area (Å²) in [6, 6.07) is 12.4. The number of methoxy groups -OCH3 is 1. The molecule has 0 fully saturated rings. The fourth-order valence-corrected chi connectivity index (χ4v) is 3.73. The molecular formula is C22H25N5O4S. The molecule has 32 heavy (non-hydrogen) atoms. The molecule has 3 aromatic rings. The Hall–Kier alpha value is -3.40. The Bertz CT molecular complexity index is 1140. The first-order valence-electron chi connectivity index (χ1n) is 9.85. The van der Waals surface area contributed by atoms with E-state index in [2.05, 4.69) is 48.4 Å². The monoisotopic (exact) mass is 455 g/mol. The molecule has 1 amide bonds. The number of nitrogens with one attached hydrogen (secondary N) is 1. The second kappa shape index (κ2) is 9.39. The minimum Gasteiger partial charge on any atom is -0.496 e. The maximum Gasteiger partial charge on any atom is 0.296 e. The Balaban J connectivity index is 1.68. The van der Waals surface area contributed by atoms with Gasteiger partial charge in [0.1, 0.15) is 11.4 Å². The molecule has 9 nitrogen and oxygen atoms in total. The summed E-state index contributed by atoms with van der Waals surface area (Å²) in [5.41, 5.74) is 2.09. The average molecular weight is 456 g/mol. The molecule has 10 heteroatoms. The standard InChI is InChI=1S/C22H25N5O4S/c1-22(2,3)15-8-6-14(7-9-15)20-24-25-21(26(20)4)32-13-19(28)23-17-11-10-16(31-5)12-18(17)27(29)30/h6-12H,13H2,1-5H3,(H,23,28). The lowest BCUT2D eigenvalue weighted by molar-refractivity contribution is -0.384. The lowest BCUT2D eigenvalue weighted by Gasteiger charge is -2.19. The molecule has 0 saturated carbocycles. The van der Waals surface area contributed by atoms with Crippen LogP contribution >= 0.6 is 11.8 Å². The van der Waals surface area contributed by atoms with E-state index in [0.29, 0.717) is 16.7 Å². The van der Waals surface area contributed by atoms with Gasteiger partial charge in [-0.2, -0.15) is 0 Å². The van der Waals surface area contributed by atoms with Crippen LogP contribution < -0.4 is 10.1 Å². The highest BCUT2D eigenvalue weighted by Gasteiger charge is 2.19. The van der Waals surface area contributed by atoms with Gasteiger partial charge in [-0.05, 0) is 23.1 Å². The molecule has 0 unspecified atom stereocenters. The van der Waals surface area contributed by atoms with Gasteiger partial charge in [-0.3, -0.25) is 14.9 Å². The lowest BCUT2D eigenvalue weighted by atomic mass is 9.87. The number of nitro benzene ring substituents is 1. The number of thioether (sulfide) groups is 1. The normalized spacial score (nSPS) is 11.3. The molecule has 0 aliphatic carbocycles. The molecule has 0 atom stereocenters. The van der Waals surface area contributed by atoms with E-state index in [1.54, 1.807) is 6.07 Å². The van der Waals surface area contributed by atoms with Crippen LogP contribution in [-0.2, 0) is 17.3 Å². The predicted molar refractivity (Wildman–Crippen MR) is 124 cm³/mol. The molecule has 0 bridgehead atoms. The Labute approximate surface area is 190 Å². The molecule has 0 aliphatic rings. The number of nitro groups is 1. The molecule has 2 aromatic carbocycles. The summed E-state index contributed by atoms with van der Waals surface area (Å²) in [4.78, 5) is 23.1. The second-order valence-corrected chi connectivity index (χ2v) is 9.11. The van der Waals surface area contributed by atoms with E-state index in [-0.39, 0.29) is 28.4 Å². The largest absolute Gasteiger partial charge is 0.496 e. The summed E-state index contributed by atoms with van der Waals surface area (Å²) >= 11 is 1.20. The van der Waals surface area contributed by atoms with Crippen molar-refractivity contribution in [3.05, 3.63) is 58.1 Å². The molecule has 1 N–H and O–H groups in total. The highest BCUT2D eigenvalue weighted by molar-refractivity contribution is 7.99. The molecule has 1 aromatic heterocycles. The maximum absolute atomic E-state index is 12.4. The number of aromatic nitrogens is 3. The number of ether oxygens (including phenoxy) is 1. The number of rotatable bonds is 7. The fourth-order valence-electron chi connectivity index (χ4n) is 3.02. The van der Waals surface area contributed by atoms with Gasteiger partial charge < -0.3 is 14.6 Å². The first kappa shape index (κ1) is 23.3. The molecule has 168 valence electrons. The smallest absolute Gasteiger partial charge is 0.296 e. The molecule has 0 aliphatic heterocycles. The van der Waals surface area contributed by atoms with Crippen LogP contribution in [0.4, 0.5) is 11.4 Å². The van der Waals surface area contributed by atoms with Crippen molar-refractivity contribution < 1.29 is 14.5 Å². The summed E-state index contributed by atoms with van der Waals surface area (Å²) in [6.07, 6.45) is 0. The van der Waals surface area contributed by atoms with E-state index >= 15 is 0 Å². The Morgan fingerprint density at radius 2 is 1.88 bits per heavy atom. The summed E-state index contributed by atoms with van der Waals surface area (Å²) in [5, 5.41) is 22.9. The Kier molecular flexibility index (Phi) is 6.83. The maximum atomic E-state index is 12.4. The van der Waals surface area contributed by atoms with Crippen LogP contribution in [0.3, 0.4) is 0 Å². The number of benzene rings is 2. The van der Waals surface area contributed by atoms with Gasteiger partial charge in [0.25, 0.3) is 5.69 Å². The molecular weight excluding hydrogens is 430 g/mol. The minimum atomic E-state index is -0.564. The molecule has 1 heterocycles. The number of amides is 1. The molecule has 0 radical (unpaired) electrons. The van der Waals surface area contributed by atoms with Crippen molar-refractivity contribution >= 4 is 29.0 Å². The zero-order valence-electron chi connectivity index (χ0n) is 18.6. The van der Waals surface area contributed by atoms with Crippen LogP contribution in [0.15, 0.2) is 47.6 Å². The average Bonchev–Trinajstić information content (AvgIpc) is 3.12. The summed E-state index contributed by atoms with van der Waals surface area (Å²) in [5.74, 6) is 0.672. The van der Waals surface area contributed by atoms with Crippen molar-refractivity contribution in [3.8, 4) is 17.1 Å². The fraction of sp³-hybridized carbons (Fsp3) is 0.318. The van der Waals surface area contributed by atoms with Crippen molar-refractivity contribution in [1.29, 1.82) is 0 Å². The first-order valence-corrected chi connectivity index (χ1v) is 10.8. The third-order valence-corrected chi connectivity index (χ3v) is 5.87. The molecule has 3 rings (SSSR count). The van der Waals surface area contributed by atoms with Gasteiger partial charge in [-0.25, -0.2) is 0 Å². The topological polar surface area (TPSA) is 112 Å². The third-order valence-electron chi connectivity index (χ3n) is 4.85. The molecule has 0 saturated heterocycles. The first-order chi connectivity index (χ1) is 15.1. The summed E-state index contributed by atoms with van der Waals surface area (Å²) < 4.78 is 6.83. The highest BCUT2D eigenvalue weighted by Crippen LogP contribution is 2.30. The van der Waals surface area contributed by atoms with Gasteiger partial charge in [0.15, 0.2) is 11.0 Å². The SMILES string of the molecule is COc1ccc(NC(=O)CSc2nnc(-c3ccc(C(C)(C)C)cc3)n2C)c([N+](=O)[O-])c1. The number of nitrogens with zero attached hydrogens (tertiary/aromatic N) is 4. The van der Waals surface area contributed by atoms with E-state index in [0.717, 1.165) is 5.56 Å². The van der Waals surface area contributed by atoms with E-state index in [1.165, 1.54) is 36.6 Å². The van der Waals surface area contributed by atoms with Crippen LogP contribution in [0, 0.1) is 10.1 Å². The Morgan fingerprint density at radius 3 is 2.47 bits per heavy atom. The second-order valence-electron chi connectivity index (χ2n) is 8.17. The van der Waals surface area contributed by atoms with Crippen molar-refractivity contribution in [3.63, 3.8) is 0 Å². The zero-order chi connectivity index (χ0) is 23.5. The van der Waals surface area contributed by atoms with Gasteiger partial charge in [0, 0.05) is 12.6 Å². The van der Waals surface area contributed by atoms with Gasteiger partial charge in [-0.1, -0.05) is 56.8 Å². The summed E-state index contributed by atoms with van der Waals surface area (Å²) in [6.45, 7) is 6.47. The lowest BCUT2D eigenvalue weighted by Crippen LogP contribution is -2.15. The number of carbonyl (C=O) groups excluding carboxylic acids is 1. The number of hydrogen-bond donors (Lipinski definition) is 1. The number of carbonyl (C=O) groups is 1. The van der Waals surface area contributed by atoms with Crippen LogP contribution in [0.1, 0.15) is 26.3 Å². The van der Waals surface area contributed by atoms with E-state index < -0.39 is 4.92 Å². The van der Waals surface area contributed by atoms with Gasteiger partial charge >= 0.3 is 0 Å². The van der Waals surface area contributed by atoms with Crippen molar-refractivity contribution in [2.24, 2.45) is 7.05 Å². The minimum absolute atomic E-state index is 0.0259. The van der Waals surface area contributed by atoms with Crippen LogP contribution in [0.5, 0.6) is 5.75 Å². The van der Waals surface area contributed by atoms with Crippen LogP contribution in [-0.4, -0.2) is 38.5 Å². The number of hydrogen-bond acceptors (Lipinski definition) is 7. The summed E-state index contributed by atoms with van der Waals surface area (Å²) in [7, 11) is 3.25. The highest BCUT2D eigenvalue weighted by atomic mass is 32.2. The van der Waals surface area contributed by atoms with E-state index in [9.17, 15) is 14.9 Å². The zero-order valence-corrected chi connectivity index (χ0v) is 19.4. The third kappa shape index (κ3) is 5.25. The quantitative estimate of drug-likeness (QED) is 0.319. The van der Waals surface area contributed by atoms with Crippen molar-refractivity contribution in [2.75, 3.05) is 18.2 Å². The van der Waals surface area contributed by atoms with Gasteiger partial charge in [-0.15, -0.1) is 10.2 Å². The van der Waals surface area contributed by atoms with Crippen LogP contribution in [0.2, 0.25) is 0 Å². The van der Waals surface area contributed by atoms with Crippen LogP contribution in [0.25, 0.3) is 11.4 Å². The van der Waals surface area contributed by atoms with Crippen molar-refractivity contribution in [1.82, 2.24) is 14.8 Å².